The molecular formula is C13H20BNO3S. The van der Waals surface area contributed by atoms with Crippen LogP contribution in [-0.2, 0) is 20.1 Å². The van der Waals surface area contributed by atoms with E-state index in [1.54, 1.807) is 12.5 Å². The van der Waals surface area contributed by atoms with Crippen molar-refractivity contribution in [2.45, 2.75) is 50.7 Å². The average molecular weight is 281 g/mol. The maximum Gasteiger partial charge on any atom is 0.496 e. The van der Waals surface area contributed by atoms with Crippen molar-refractivity contribution < 1.29 is 13.5 Å². The molecule has 0 spiro atoms. The molecule has 0 aliphatic carbocycles. The summed E-state index contributed by atoms with van der Waals surface area (Å²) in [7, 11) is -1.62. The van der Waals surface area contributed by atoms with Crippen LogP contribution in [0.5, 0.6) is 0 Å². The standard InChI is InChI=1S/C13H20BNO3S/c1-9-11(19(6)16)10(7-8-15-9)14-17-12(2,3)13(4,5)18-14/h7-8H,1-6H3. The molecule has 0 saturated carbocycles. The highest BCUT2D eigenvalue weighted by Gasteiger charge is 2.52. The summed E-state index contributed by atoms with van der Waals surface area (Å²) in [6.45, 7) is 9.87. The molecule has 1 aliphatic heterocycles. The van der Waals surface area contributed by atoms with E-state index >= 15 is 0 Å². The molecule has 1 aromatic heterocycles. The quantitative estimate of drug-likeness (QED) is 0.769. The first-order valence-electron chi connectivity index (χ1n) is 6.30. The molecule has 6 heteroatoms. The van der Waals surface area contributed by atoms with E-state index in [2.05, 4.69) is 4.98 Å². The Bertz CT molecular complexity index is 515. The smallest absolute Gasteiger partial charge is 0.399 e. The summed E-state index contributed by atoms with van der Waals surface area (Å²) in [5, 5.41) is 0. The van der Waals surface area contributed by atoms with E-state index in [1.807, 2.05) is 40.7 Å². The molecule has 0 amide bonds. The van der Waals surface area contributed by atoms with Crippen molar-refractivity contribution in [2.75, 3.05) is 6.26 Å². The highest BCUT2D eigenvalue weighted by Crippen LogP contribution is 2.36. The predicted molar refractivity (Wildman–Crippen MR) is 77.0 cm³/mol. The van der Waals surface area contributed by atoms with E-state index in [-0.39, 0.29) is 0 Å². The lowest BCUT2D eigenvalue weighted by Gasteiger charge is -2.32. The van der Waals surface area contributed by atoms with Crippen molar-refractivity contribution in [1.29, 1.82) is 0 Å². The van der Waals surface area contributed by atoms with Gasteiger partial charge in [0.2, 0.25) is 0 Å². The highest BCUT2D eigenvalue weighted by atomic mass is 32.2. The van der Waals surface area contributed by atoms with Crippen molar-refractivity contribution in [3.63, 3.8) is 0 Å². The molecule has 2 rings (SSSR count). The Hall–Kier alpha value is -0.715. The number of nitrogens with zero attached hydrogens (tertiary/aromatic N) is 1. The summed E-state index contributed by atoms with van der Waals surface area (Å²) in [5.41, 5.74) is 0.767. The average Bonchev–Trinajstić information content (AvgIpc) is 2.47. The Morgan fingerprint density at radius 3 is 2.21 bits per heavy atom. The van der Waals surface area contributed by atoms with Gasteiger partial charge < -0.3 is 9.31 Å². The van der Waals surface area contributed by atoms with Crippen LogP contribution in [-0.4, -0.2) is 33.8 Å². The zero-order chi connectivity index (χ0) is 14.4. The van der Waals surface area contributed by atoms with Crippen LogP contribution in [0.1, 0.15) is 33.4 Å². The largest absolute Gasteiger partial charge is 0.496 e. The molecule has 1 atom stereocenters. The molecule has 2 heterocycles. The first-order chi connectivity index (χ1) is 8.66. The van der Waals surface area contributed by atoms with E-state index in [0.717, 1.165) is 11.2 Å². The van der Waals surface area contributed by atoms with Crippen LogP contribution in [0.25, 0.3) is 0 Å². The number of rotatable bonds is 2. The van der Waals surface area contributed by atoms with Gasteiger partial charge in [0.15, 0.2) is 0 Å². The third-order valence-corrected chi connectivity index (χ3v) is 5.01. The van der Waals surface area contributed by atoms with E-state index < -0.39 is 29.1 Å². The Labute approximate surface area is 117 Å². The zero-order valence-electron chi connectivity index (χ0n) is 12.3. The van der Waals surface area contributed by atoms with Gasteiger partial charge in [-0.05, 0) is 40.7 Å². The second-order valence-electron chi connectivity index (χ2n) is 5.86. The molecule has 1 aromatic rings. The highest BCUT2D eigenvalue weighted by molar-refractivity contribution is 7.84. The summed E-state index contributed by atoms with van der Waals surface area (Å²) in [6.07, 6.45) is 3.35. The molecule has 104 valence electrons. The second kappa shape index (κ2) is 4.68. The maximum absolute atomic E-state index is 11.9. The molecule has 1 saturated heterocycles. The topological polar surface area (TPSA) is 48.4 Å². The van der Waals surface area contributed by atoms with Crippen molar-refractivity contribution >= 4 is 23.4 Å². The molecule has 0 radical (unpaired) electrons. The van der Waals surface area contributed by atoms with Crippen LogP contribution < -0.4 is 5.46 Å². The van der Waals surface area contributed by atoms with Crippen molar-refractivity contribution in [3.05, 3.63) is 18.0 Å². The van der Waals surface area contributed by atoms with E-state index in [4.69, 9.17) is 9.31 Å². The van der Waals surface area contributed by atoms with Gasteiger partial charge in [-0.1, -0.05) is 0 Å². The molecular weight excluding hydrogens is 261 g/mol. The second-order valence-corrected chi connectivity index (χ2v) is 7.17. The fraction of sp³-hybridized carbons (Fsp3) is 0.615. The zero-order valence-corrected chi connectivity index (χ0v) is 13.1. The lowest BCUT2D eigenvalue weighted by Crippen LogP contribution is -2.41. The summed E-state index contributed by atoms with van der Waals surface area (Å²) < 4.78 is 23.9. The fourth-order valence-corrected chi connectivity index (χ4v) is 3.07. The van der Waals surface area contributed by atoms with Gasteiger partial charge in [-0.25, -0.2) is 0 Å². The van der Waals surface area contributed by atoms with Gasteiger partial charge in [0, 0.05) is 17.9 Å². The molecule has 1 fully saturated rings. The Morgan fingerprint density at radius 1 is 1.21 bits per heavy atom. The van der Waals surface area contributed by atoms with Gasteiger partial charge in [0.1, 0.15) is 0 Å². The lowest BCUT2D eigenvalue weighted by atomic mass is 9.79. The van der Waals surface area contributed by atoms with Gasteiger partial charge in [0.05, 0.1) is 32.6 Å². The monoisotopic (exact) mass is 281 g/mol. The SMILES string of the molecule is Cc1nccc(B2OC(C)(C)C(C)(C)O2)c1S(C)=O. The number of hydrogen-bond acceptors (Lipinski definition) is 4. The van der Waals surface area contributed by atoms with Crippen LogP contribution in [0.15, 0.2) is 17.2 Å². The van der Waals surface area contributed by atoms with Crippen LogP contribution in [0.3, 0.4) is 0 Å². The molecule has 0 bridgehead atoms. The number of hydrogen-bond donors (Lipinski definition) is 0. The normalized spacial score (nSPS) is 22.5. The summed E-state index contributed by atoms with van der Waals surface area (Å²) in [5.74, 6) is 0. The fourth-order valence-electron chi connectivity index (χ4n) is 2.10. The number of aromatic nitrogens is 1. The minimum atomic E-state index is -1.12. The van der Waals surface area contributed by atoms with Gasteiger partial charge in [-0.2, -0.15) is 0 Å². The lowest BCUT2D eigenvalue weighted by molar-refractivity contribution is 0.00578. The van der Waals surface area contributed by atoms with E-state index in [1.165, 1.54) is 0 Å². The molecule has 1 unspecified atom stereocenters. The van der Waals surface area contributed by atoms with Crippen LogP contribution >= 0.6 is 0 Å². The van der Waals surface area contributed by atoms with Crippen molar-refractivity contribution in [2.24, 2.45) is 0 Å². The van der Waals surface area contributed by atoms with Crippen LogP contribution in [0.4, 0.5) is 0 Å². The summed E-state index contributed by atoms with van der Waals surface area (Å²) in [4.78, 5) is 4.91. The Morgan fingerprint density at radius 2 is 1.74 bits per heavy atom. The third-order valence-electron chi connectivity index (χ3n) is 3.91. The minimum Gasteiger partial charge on any atom is -0.399 e. The number of pyridine rings is 1. The molecule has 1 aliphatic rings. The van der Waals surface area contributed by atoms with Crippen LogP contribution in [0.2, 0.25) is 0 Å². The summed E-state index contributed by atoms with van der Waals surface area (Å²) >= 11 is 0. The third kappa shape index (κ3) is 2.49. The van der Waals surface area contributed by atoms with E-state index in [0.29, 0.717) is 4.90 Å². The minimum absolute atomic E-state index is 0.401. The van der Waals surface area contributed by atoms with E-state index in [9.17, 15) is 4.21 Å². The van der Waals surface area contributed by atoms with Gasteiger partial charge in [-0.3, -0.25) is 9.19 Å². The van der Waals surface area contributed by atoms with Crippen molar-refractivity contribution in [3.8, 4) is 0 Å². The van der Waals surface area contributed by atoms with Crippen molar-refractivity contribution in [1.82, 2.24) is 4.98 Å². The molecule has 4 nitrogen and oxygen atoms in total. The maximum atomic E-state index is 11.9. The molecule has 19 heavy (non-hydrogen) atoms. The Balaban J connectivity index is 2.46. The molecule has 0 N–H and O–H groups in total. The predicted octanol–water partition coefficient (Wildman–Crippen LogP) is 1.43. The van der Waals surface area contributed by atoms with Gasteiger partial charge in [-0.15, -0.1) is 0 Å². The summed E-state index contributed by atoms with van der Waals surface area (Å²) in [6, 6.07) is 1.83. The number of aryl methyl sites for hydroxylation is 1. The Kier molecular flexibility index (Phi) is 3.62. The first-order valence-corrected chi connectivity index (χ1v) is 7.86. The van der Waals surface area contributed by atoms with Gasteiger partial charge in [0.25, 0.3) is 0 Å². The van der Waals surface area contributed by atoms with Gasteiger partial charge >= 0.3 is 7.12 Å². The first kappa shape index (κ1) is 14.7. The van der Waals surface area contributed by atoms with Crippen LogP contribution in [0, 0.1) is 6.92 Å². The molecule has 0 aromatic carbocycles.